The highest BCUT2D eigenvalue weighted by Gasteiger charge is 2.08. The summed E-state index contributed by atoms with van der Waals surface area (Å²) in [7, 11) is 0. The number of hydrogen-bond acceptors (Lipinski definition) is 5. The van der Waals surface area contributed by atoms with Crippen LogP contribution in [0.4, 0.5) is 5.69 Å². The third-order valence-corrected chi connectivity index (χ3v) is 4.08. The number of nitrogens with one attached hydrogen (secondary N) is 1. The maximum absolute atomic E-state index is 11.8. The maximum atomic E-state index is 11.8. The summed E-state index contributed by atoms with van der Waals surface area (Å²) in [5, 5.41) is 14.5. The zero-order valence-electron chi connectivity index (χ0n) is 14.3. The van der Waals surface area contributed by atoms with Crippen LogP contribution < -0.4 is 10.2 Å². The Morgan fingerprint density at radius 3 is 2.77 bits per heavy atom. The molecule has 0 bridgehead atoms. The van der Waals surface area contributed by atoms with Crippen molar-refractivity contribution >= 4 is 33.7 Å². The van der Waals surface area contributed by atoms with Crippen molar-refractivity contribution in [2.75, 3.05) is 6.61 Å². The molecule has 0 aliphatic rings. The van der Waals surface area contributed by atoms with E-state index in [1.165, 1.54) is 18.3 Å². The maximum Gasteiger partial charge on any atom is 0.277 e. The molecule has 2 rings (SSSR count). The molecule has 26 heavy (non-hydrogen) atoms. The Morgan fingerprint density at radius 2 is 2.12 bits per heavy atom. The van der Waals surface area contributed by atoms with Crippen molar-refractivity contribution in [2.45, 2.75) is 19.8 Å². The SMILES string of the molecule is CC(C)c1ccc(OCC(=O)NN=Cc2cccc([N+](=O)[O-])c2)c(Br)c1. The molecule has 0 radical (unpaired) electrons. The first-order chi connectivity index (χ1) is 12.4. The normalized spacial score (nSPS) is 10.9. The van der Waals surface area contributed by atoms with Gasteiger partial charge < -0.3 is 4.74 Å². The van der Waals surface area contributed by atoms with Crippen LogP contribution in [-0.4, -0.2) is 23.7 Å². The van der Waals surface area contributed by atoms with Gasteiger partial charge in [0, 0.05) is 17.7 Å². The summed E-state index contributed by atoms with van der Waals surface area (Å²) in [6.07, 6.45) is 1.33. The van der Waals surface area contributed by atoms with Crippen molar-refractivity contribution in [2.24, 2.45) is 5.10 Å². The van der Waals surface area contributed by atoms with Crippen LogP contribution in [0.3, 0.4) is 0 Å². The van der Waals surface area contributed by atoms with Gasteiger partial charge in [-0.05, 0) is 39.5 Å². The topological polar surface area (TPSA) is 93.8 Å². The van der Waals surface area contributed by atoms with Crippen molar-refractivity contribution in [1.82, 2.24) is 5.43 Å². The number of benzene rings is 2. The molecule has 1 N–H and O–H groups in total. The molecule has 136 valence electrons. The lowest BCUT2D eigenvalue weighted by molar-refractivity contribution is -0.384. The van der Waals surface area contributed by atoms with E-state index in [4.69, 9.17) is 4.74 Å². The average molecular weight is 420 g/mol. The minimum atomic E-state index is -0.494. The Hall–Kier alpha value is -2.74. The molecule has 0 aromatic heterocycles. The van der Waals surface area contributed by atoms with Crippen LogP contribution in [0.2, 0.25) is 0 Å². The van der Waals surface area contributed by atoms with Gasteiger partial charge in [0.1, 0.15) is 5.75 Å². The Morgan fingerprint density at radius 1 is 1.35 bits per heavy atom. The third-order valence-electron chi connectivity index (χ3n) is 3.47. The number of hydrogen-bond donors (Lipinski definition) is 1. The number of halogens is 1. The molecule has 1 amide bonds. The van der Waals surface area contributed by atoms with E-state index in [9.17, 15) is 14.9 Å². The second-order valence-electron chi connectivity index (χ2n) is 5.78. The summed E-state index contributed by atoms with van der Waals surface area (Å²) >= 11 is 3.43. The first kappa shape index (κ1) is 19.6. The predicted octanol–water partition coefficient (Wildman–Crippen LogP) is 4.01. The van der Waals surface area contributed by atoms with Crippen LogP contribution in [0.1, 0.15) is 30.9 Å². The molecule has 0 unspecified atom stereocenters. The largest absolute Gasteiger partial charge is 0.483 e. The van der Waals surface area contributed by atoms with Crippen LogP contribution in [0, 0.1) is 10.1 Å². The highest BCUT2D eigenvalue weighted by atomic mass is 79.9. The summed E-state index contributed by atoms with van der Waals surface area (Å²) in [4.78, 5) is 22.0. The first-order valence-electron chi connectivity index (χ1n) is 7.85. The summed E-state index contributed by atoms with van der Waals surface area (Å²) in [6, 6.07) is 11.6. The molecule has 0 heterocycles. The van der Waals surface area contributed by atoms with E-state index in [0.29, 0.717) is 17.2 Å². The molecule has 8 heteroatoms. The zero-order valence-corrected chi connectivity index (χ0v) is 15.9. The molecule has 0 saturated carbocycles. The number of carbonyl (C=O) groups is 1. The molecular weight excluding hydrogens is 402 g/mol. The Bertz CT molecular complexity index is 837. The Kier molecular flexibility index (Phi) is 6.85. The zero-order chi connectivity index (χ0) is 19.1. The fourth-order valence-electron chi connectivity index (χ4n) is 2.07. The van der Waals surface area contributed by atoms with E-state index in [-0.39, 0.29) is 12.3 Å². The van der Waals surface area contributed by atoms with E-state index in [2.05, 4.69) is 40.3 Å². The minimum Gasteiger partial charge on any atom is -0.483 e. The van der Waals surface area contributed by atoms with Crippen LogP contribution in [0.25, 0.3) is 0 Å². The lowest BCUT2D eigenvalue weighted by Gasteiger charge is -2.10. The number of ether oxygens (including phenoxy) is 1. The van der Waals surface area contributed by atoms with E-state index < -0.39 is 10.8 Å². The Balaban J connectivity index is 1.87. The number of carbonyl (C=O) groups excluding carboxylic acids is 1. The number of amides is 1. The monoisotopic (exact) mass is 419 g/mol. The van der Waals surface area contributed by atoms with Crippen molar-refractivity contribution in [3.05, 3.63) is 68.2 Å². The third kappa shape index (κ3) is 5.66. The van der Waals surface area contributed by atoms with Gasteiger partial charge >= 0.3 is 0 Å². The number of hydrazone groups is 1. The summed E-state index contributed by atoms with van der Waals surface area (Å²) in [5.41, 5.74) is 3.95. The van der Waals surface area contributed by atoms with Crippen molar-refractivity contribution in [3.63, 3.8) is 0 Å². The molecule has 0 atom stereocenters. The van der Waals surface area contributed by atoms with Crippen LogP contribution in [0.5, 0.6) is 5.75 Å². The quantitative estimate of drug-likeness (QED) is 0.416. The molecule has 2 aromatic rings. The van der Waals surface area contributed by atoms with Crippen molar-refractivity contribution in [1.29, 1.82) is 0 Å². The van der Waals surface area contributed by atoms with E-state index in [1.54, 1.807) is 18.2 Å². The van der Waals surface area contributed by atoms with Gasteiger partial charge in [-0.15, -0.1) is 0 Å². The predicted molar refractivity (Wildman–Crippen MR) is 103 cm³/mol. The van der Waals surface area contributed by atoms with E-state index >= 15 is 0 Å². The second-order valence-corrected chi connectivity index (χ2v) is 6.63. The van der Waals surface area contributed by atoms with Gasteiger partial charge in [-0.2, -0.15) is 5.10 Å². The fraction of sp³-hybridized carbons (Fsp3) is 0.222. The van der Waals surface area contributed by atoms with Gasteiger partial charge in [0.15, 0.2) is 6.61 Å². The average Bonchev–Trinajstić information content (AvgIpc) is 2.60. The highest BCUT2D eigenvalue weighted by Crippen LogP contribution is 2.28. The smallest absolute Gasteiger partial charge is 0.277 e. The van der Waals surface area contributed by atoms with Crippen molar-refractivity contribution in [3.8, 4) is 5.75 Å². The first-order valence-corrected chi connectivity index (χ1v) is 8.64. The second kappa shape index (κ2) is 9.10. The standard InChI is InChI=1S/C18H18BrN3O4/c1-12(2)14-6-7-17(16(19)9-14)26-11-18(23)21-20-10-13-4-3-5-15(8-13)22(24)25/h3-10,12H,11H2,1-2H3,(H,21,23). The fourth-order valence-corrected chi connectivity index (χ4v) is 2.58. The molecule has 0 aliphatic carbocycles. The van der Waals surface area contributed by atoms with Gasteiger partial charge in [0.2, 0.25) is 0 Å². The van der Waals surface area contributed by atoms with Gasteiger partial charge in [-0.25, -0.2) is 5.43 Å². The molecule has 0 fully saturated rings. The van der Waals surface area contributed by atoms with Crippen LogP contribution in [0.15, 0.2) is 52.0 Å². The Labute approximate surface area is 159 Å². The van der Waals surface area contributed by atoms with E-state index in [1.807, 2.05) is 12.1 Å². The molecule has 0 spiro atoms. The molecule has 0 aliphatic heterocycles. The number of nitrogens with zero attached hydrogens (tertiary/aromatic N) is 2. The lowest BCUT2D eigenvalue weighted by atomic mass is 10.0. The lowest BCUT2D eigenvalue weighted by Crippen LogP contribution is -2.24. The van der Waals surface area contributed by atoms with Gasteiger partial charge in [-0.3, -0.25) is 14.9 Å². The molecular formula is C18H18BrN3O4. The van der Waals surface area contributed by atoms with Crippen LogP contribution >= 0.6 is 15.9 Å². The molecule has 2 aromatic carbocycles. The van der Waals surface area contributed by atoms with Gasteiger partial charge in [0.25, 0.3) is 11.6 Å². The van der Waals surface area contributed by atoms with Crippen LogP contribution in [-0.2, 0) is 4.79 Å². The van der Waals surface area contributed by atoms with Crippen molar-refractivity contribution < 1.29 is 14.5 Å². The number of rotatable bonds is 7. The van der Waals surface area contributed by atoms with Gasteiger partial charge in [-0.1, -0.05) is 32.0 Å². The molecule has 7 nitrogen and oxygen atoms in total. The minimum absolute atomic E-state index is 0.0432. The number of nitro groups is 1. The number of non-ortho nitro benzene ring substituents is 1. The van der Waals surface area contributed by atoms with Gasteiger partial charge in [0.05, 0.1) is 15.6 Å². The summed E-state index contributed by atoms with van der Waals surface area (Å²) < 4.78 is 6.24. The highest BCUT2D eigenvalue weighted by molar-refractivity contribution is 9.10. The summed E-state index contributed by atoms with van der Waals surface area (Å²) in [6.45, 7) is 3.98. The number of nitro benzene ring substituents is 1. The van der Waals surface area contributed by atoms with E-state index in [0.717, 1.165) is 10.0 Å². The summed E-state index contributed by atoms with van der Waals surface area (Å²) in [5.74, 6) is 0.519. The molecule has 0 saturated heterocycles.